The van der Waals surface area contributed by atoms with Crippen molar-refractivity contribution in [1.82, 2.24) is 10.2 Å². The summed E-state index contributed by atoms with van der Waals surface area (Å²) in [5.41, 5.74) is 0.368. The summed E-state index contributed by atoms with van der Waals surface area (Å²) >= 11 is 0. The van der Waals surface area contributed by atoms with Gasteiger partial charge in [-0.2, -0.15) is 0 Å². The molecule has 4 heteroatoms. The fourth-order valence-electron chi connectivity index (χ4n) is 3.69. The maximum atomic E-state index is 12.2. The van der Waals surface area contributed by atoms with Crippen LogP contribution in [0.5, 0.6) is 0 Å². The maximum absolute atomic E-state index is 12.2. The van der Waals surface area contributed by atoms with Gasteiger partial charge in [-0.15, -0.1) is 0 Å². The number of aliphatic hydroxyl groups is 1. The van der Waals surface area contributed by atoms with E-state index in [2.05, 4.69) is 19.2 Å². The summed E-state index contributed by atoms with van der Waals surface area (Å²) in [5, 5.41) is 12.3. The SMILES string of the molecule is CC(C)CC1(CNC(=O)N2CCC(CO)CC2)CCC1. The normalized spacial score (nSPS) is 22.7. The second-order valence-electron chi connectivity index (χ2n) is 7.22. The highest BCUT2D eigenvalue weighted by atomic mass is 16.3. The Kier molecular flexibility index (Phi) is 5.30. The number of hydrogen-bond donors (Lipinski definition) is 2. The molecule has 1 saturated heterocycles. The highest BCUT2D eigenvalue weighted by molar-refractivity contribution is 5.74. The molecule has 1 aliphatic carbocycles. The van der Waals surface area contributed by atoms with Crippen molar-refractivity contribution in [2.24, 2.45) is 17.3 Å². The lowest BCUT2D eigenvalue weighted by molar-refractivity contribution is 0.0931. The Balaban J connectivity index is 1.74. The molecule has 0 unspecified atom stereocenters. The second-order valence-corrected chi connectivity index (χ2v) is 7.22. The Labute approximate surface area is 122 Å². The van der Waals surface area contributed by atoms with Gasteiger partial charge in [-0.3, -0.25) is 0 Å². The fourth-order valence-corrected chi connectivity index (χ4v) is 3.69. The lowest BCUT2D eigenvalue weighted by Gasteiger charge is -2.44. The first-order valence-electron chi connectivity index (χ1n) is 8.18. The minimum absolute atomic E-state index is 0.0939. The van der Waals surface area contributed by atoms with Crippen LogP contribution < -0.4 is 5.32 Å². The number of rotatable bonds is 5. The van der Waals surface area contributed by atoms with E-state index in [1.54, 1.807) is 0 Å². The zero-order valence-electron chi connectivity index (χ0n) is 13.0. The van der Waals surface area contributed by atoms with Gasteiger partial charge in [-0.05, 0) is 49.4 Å². The largest absolute Gasteiger partial charge is 0.396 e. The van der Waals surface area contributed by atoms with Gasteiger partial charge in [0.05, 0.1) is 0 Å². The molecule has 0 aromatic carbocycles. The molecule has 2 fully saturated rings. The molecule has 2 aliphatic rings. The predicted octanol–water partition coefficient (Wildman–Crippen LogP) is 2.62. The first kappa shape index (κ1) is 15.6. The van der Waals surface area contributed by atoms with Gasteiger partial charge in [0.25, 0.3) is 0 Å². The maximum Gasteiger partial charge on any atom is 0.317 e. The van der Waals surface area contributed by atoms with Crippen LogP contribution >= 0.6 is 0 Å². The number of carbonyl (C=O) groups is 1. The topological polar surface area (TPSA) is 52.6 Å². The van der Waals surface area contributed by atoms with E-state index in [1.807, 2.05) is 4.90 Å². The molecule has 0 aromatic heterocycles. The average Bonchev–Trinajstić information content (AvgIpc) is 2.41. The molecular weight excluding hydrogens is 252 g/mol. The number of nitrogens with one attached hydrogen (secondary N) is 1. The van der Waals surface area contributed by atoms with Gasteiger partial charge >= 0.3 is 6.03 Å². The van der Waals surface area contributed by atoms with Crippen molar-refractivity contribution < 1.29 is 9.90 Å². The van der Waals surface area contributed by atoms with Gasteiger partial charge in [-0.1, -0.05) is 20.3 Å². The number of urea groups is 1. The first-order valence-corrected chi connectivity index (χ1v) is 8.18. The van der Waals surface area contributed by atoms with Crippen molar-refractivity contribution in [3.8, 4) is 0 Å². The zero-order valence-corrected chi connectivity index (χ0v) is 13.0. The highest BCUT2D eigenvalue weighted by Gasteiger charge is 2.37. The number of piperidine rings is 1. The average molecular weight is 282 g/mol. The molecule has 0 aromatic rings. The van der Waals surface area contributed by atoms with Crippen LogP contribution in [0.4, 0.5) is 4.79 Å². The molecule has 1 aliphatic heterocycles. The monoisotopic (exact) mass is 282 g/mol. The second kappa shape index (κ2) is 6.79. The molecule has 0 bridgehead atoms. The number of nitrogens with zero attached hydrogens (tertiary/aromatic N) is 1. The molecule has 0 radical (unpaired) electrons. The third kappa shape index (κ3) is 3.87. The van der Waals surface area contributed by atoms with E-state index in [-0.39, 0.29) is 12.6 Å². The van der Waals surface area contributed by atoms with Crippen LogP contribution in [0.2, 0.25) is 0 Å². The van der Waals surface area contributed by atoms with Crippen LogP contribution in [0.1, 0.15) is 52.4 Å². The van der Waals surface area contributed by atoms with Crippen molar-refractivity contribution >= 4 is 6.03 Å². The number of hydrogen-bond acceptors (Lipinski definition) is 2. The van der Waals surface area contributed by atoms with Crippen LogP contribution in [0, 0.1) is 17.3 Å². The van der Waals surface area contributed by atoms with Crippen molar-refractivity contribution in [2.45, 2.75) is 52.4 Å². The smallest absolute Gasteiger partial charge is 0.317 e. The van der Waals surface area contributed by atoms with Crippen LogP contribution in [0.3, 0.4) is 0 Å². The molecule has 4 nitrogen and oxygen atoms in total. The van der Waals surface area contributed by atoms with Gasteiger partial charge in [-0.25, -0.2) is 4.79 Å². The third-order valence-corrected chi connectivity index (χ3v) is 5.03. The molecule has 20 heavy (non-hydrogen) atoms. The summed E-state index contributed by atoms with van der Waals surface area (Å²) in [6, 6.07) is 0.0939. The molecule has 2 N–H and O–H groups in total. The van der Waals surface area contributed by atoms with Crippen molar-refractivity contribution in [3.05, 3.63) is 0 Å². The van der Waals surface area contributed by atoms with Gasteiger partial charge in [0, 0.05) is 26.2 Å². The van der Waals surface area contributed by atoms with Crippen LogP contribution in [-0.2, 0) is 0 Å². The molecule has 116 valence electrons. The summed E-state index contributed by atoms with van der Waals surface area (Å²) in [4.78, 5) is 14.1. The Morgan fingerprint density at radius 2 is 2.00 bits per heavy atom. The Morgan fingerprint density at radius 3 is 2.45 bits per heavy atom. The predicted molar refractivity (Wildman–Crippen MR) is 80.5 cm³/mol. The van der Waals surface area contributed by atoms with Crippen LogP contribution in [-0.4, -0.2) is 42.3 Å². The Bertz CT molecular complexity index is 318. The van der Waals surface area contributed by atoms with E-state index >= 15 is 0 Å². The number of carbonyl (C=O) groups excluding carboxylic acids is 1. The zero-order chi connectivity index (χ0) is 14.6. The molecule has 1 heterocycles. The third-order valence-electron chi connectivity index (χ3n) is 5.03. The van der Waals surface area contributed by atoms with Gasteiger partial charge in [0.1, 0.15) is 0 Å². The van der Waals surface area contributed by atoms with Gasteiger partial charge in [0.15, 0.2) is 0 Å². The molecule has 0 atom stereocenters. The summed E-state index contributed by atoms with van der Waals surface area (Å²) < 4.78 is 0. The van der Waals surface area contributed by atoms with Crippen LogP contribution in [0.15, 0.2) is 0 Å². The summed E-state index contributed by atoms with van der Waals surface area (Å²) in [7, 11) is 0. The molecule has 1 saturated carbocycles. The van der Waals surface area contributed by atoms with E-state index in [9.17, 15) is 4.79 Å². The Hall–Kier alpha value is -0.770. The van der Waals surface area contributed by atoms with Gasteiger partial charge < -0.3 is 15.3 Å². The van der Waals surface area contributed by atoms with Crippen molar-refractivity contribution in [3.63, 3.8) is 0 Å². The first-order chi connectivity index (χ1) is 9.54. The molecular formula is C16H30N2O2. The standard InChI is InChI=1S/C16H30N2O2/c1-13(2)10-16(6-3-7-16)12-17-15(20)18-8-4-14(11-19)5-9-18/h13-14,19H,3-12H2,1-2H3,(H,17,20). The van der Waals surface area contributed by atoms with E-state index in [4.69, 9.17) is 5.11 Å². The number of aliphatic hydroxyl groups excluding tert-OH is 1. The van der Waals surface area contributed by atoms with Crippen molar-refractivity contribution in [2.75, 3.05) is 26.2 Å². The van der Waals surface area contributed by atoms with E-state index < -0.39 is 0 Å². The fraction of sp³-hybridized carbons (Fsp3) is 0.938. The summed E-state index contributed by atoms with van der Waals surface area (Å²) in [6.07, 6.45) is 6.92. The van der Waals surface area contributed by atoms with E-state index in [0.29, 0.717) is 17.3 Å². The van der Waals surface area contributed by atoms with Gasteiger partial charge in [0.2, 0.25) is 0 Å². The molecule has 2 amide bonds. The van der Waals surface area contributed by atoms with Crippen LogP contribution in [0.25, 0.3) is 0 Å². The quantitative estimate of drug-likeness (QED) is 0.814. The summed E-state index contributed by atoms with van der Waals surface area (Å²) in [6.45, 7) is 7.20. The minimum Gasteiger partial charge on any atom is -0.396 e. The molecule has 2 rings (SSSR count). The van der Waals surface area contributed by atoms with Crippen molar-refractivity contribution in [1.29, 1.82) is 0 Å². The summed E-state index contributed by atoms with van der Waals surface area (Å²) in [5.74, 6) is 1.09. The Morgan fingerprint density at radius 1 is 1.35 bits per heavy atom. The molecule has 0 spiro atoms. The lowest BCUT2D eigenvalue weighted by Crippen LogP contribution is -2.49. The number of likely N-dealkylation sites (tertiary alicyclic amines) is 1. The number of amides is 2. The lowest BCUT2D eigenvalue weighted by atomic mass is 9.64. The van der Waals surface area contributed by atoms with E-state index in [1.165, 1.54) is 25.7 Å². The minimum atomic E-state index is 0.0939. The highest BCUT2D eigenvalue weighted by Crippen LogP contribution is 2.45. The van der Waals surface area contributed by atoms with E-state index in [0.717, 1.165) is 32.5 Å².